The van der Waals surface area contributed by atoms with Gasteiger partial charge in [0.25, 0.3) is 5.91 Å². The van der Waals surface area contributed by atoms with Crippen molar-refractivity contribution in [3.63, 3.8) is 0 Å². The van der Waals surface area contributed by atoms with E-state index < -0.39 is 10.0 Å². The van der Waals surface area contributed by atoms with Crippen LogP contribution in [0.15, 0.2) is 24.3 Å². The summed E-state index contributed by atoms with van der Waals surface area (Å²) in [5.41, 5.74) is 1.21. The molecule has 0 unspecified atom stereocenters. The largest absolute Gasteiger partial charge is 0.379 e. The van der Waals surface area contributed by atoms with Gasteiger partial charge >= 0.3 is 0 Å². The molecule has 0 bridgehead atoms. The third-order valence-electron chi connectivity index (χ3n) is 4.29. The highest BCUT2D eigenvalue weighted by molar-refractivity contribution is 7.88. The fraction of sp³-hybridized carbons (Fsp3) is 0.588. The standard InChI is InChI=1S/C17H26N2O4S/c1-13(2)14(3)18-17(20)16-6-4-15(5-7-16)12-24(21,22)19-8-10-23-11-9-19/h4-7,13-14H,8-12H2,1-3H3,(H,18,20)/t14-/m1/s1. The Morgan fingerprint density at radius 2 is 1.75 bits per heavy atom. The second-order valence-electron chi connectivity index (χ2n) is 6.47. The van der Waals surface area contributed by atoms with E-state index in [9.17, 15) is 13.2 Å². The molecule has 1 aliphatic heterocycles. The van der Waals surface area contributed by atoms with Gasteiger partial charge in [0.2, 0.25) is 10.0 Å². The number of nitrogens with zero attached hydrogens (tertiary/aromatic N) is 1. The molecular weight excluding hydrogens is 328 g/mol. The minimum absolute atomic E-state index is 0.0582. The predicted octanol–water partition coefficient (Wildman–Crippen LogP) is 1.62. The Bertz CT molecular complexity index is 650. The van der Waals surface area contributed by atoms with E-state index in [4.69, 9.17) is 4.74 Å². The lowest BCUT2D eigenvalue weighted by Gasteiger charge is -2.26. The smallest absolute Gasteiger partial charge is 0.251 e. The Balaban J connectivity index is 2.00. The number of amides is 1. The Labute approximate surface area is 144 Å². The summed E-state index contributed by atoms with van der Waals surface area (Å²) in [6.07, 6.45) is 0. The van der Waals surface area contributed by atoms with Crippen molar-refractivity contribution in [2.24, 2.45) is 5.92 Å². The highest BCUT2D eigenvalue weighted by atomic mass is 32.2. The topological polar surface area (TPSA) is 75.7 Å². The number of hydrogen-bond donors (Lipinski definition) is 1. The van der Waals surface area contributed by atoms with Gasteiger partial charge < -0.3 is 10.1 Å². The summed E-state index contributed by atoms with van der Waals surface area (Å²) < 4.78 is 31.4. The summed E-state index contributed by atoms with van der Waals surface area (Å²) in [5, 5.41) is 2.94. The first-order valence-corrected chi connectivity index (χ1v) is 9.86. The molecule has 1 aromatic rings. The number of carbonyl (C=O) groups excluding carboxylic acids is 1. The van der Waals surface area contributed by atoms with Crippen LogP contribution in [-0.2, 0) is 20.5 Å². The van der Waals surface area contributed by atoms with Gasteiger partial charge in [-0.3, -0.25) is 4.79 Å². The van der Waals surface area contributed by atoms with Crippen molar-refractivity contribution >= 4 is 15.9 Å². The normalized spacial score (nSPS) is 17.7. The summed E-state index contributed by atoms with van der Waals surface area (Å²) in [6, 6.07) is 6.83. The van der Waals surface area contributed by atoms with Gasteiger partial charge in [-0.15, -0.1) is 0 Å². The number of hydrogen-bond acceptors (Lipinski definition) is 4. The lowest BCUT2D eigenvalue weighted by molar-refractivity contribution is 0.0729. The van der Waals surface area contributed by atoms with E-state index in [1.54, 1.807) is 24.3 Å². The quantitative estimate of drug-likeness (QED) is 0.842. The number of benzene rings is 1. The Morgan fingerprint density at radius 3 is 2.29 bits per heavy atom. The van der Waals surface area contributed by atoms with Crippen molar-refractivity contribution < 1.29 is 17.9 Å². The van der Waals surface area contributed by atoms with Crippen molar-refractivity contribution in [3.05, 3.63) is 35.4 Å². The van der Waals surface area contributed by atoms with Crippen LogP contribution in [0.1, 0.15) is 36.7 Å². The molecule has 7 heteroatoms. The maximum atomic E-state index is 12.4. The van der Waals surface area contributed by atoms with Gasteiger partial charge in [-0.2, -0.15) is 4.31 Å². The molecule has 1 aliphatic rings. The molecule has 0 saturated carbocycles. The summed E-state index contributed by atoms with van der Waals surface area (Å²) in [4.78, 5) is 12.2. The predicted molar refractivity (Wildman–Crippen MR) is 93.2 cm³/mol. The van der Waals surface area contributed by atoms with Crippen molar-refractivity contribution in [3.8, 4) is 0 Å². The van der Waals surface area contributed by atoms with Crippen LogP contribution >= 0.6 is 0 Å². The molecule has 1 saturated heterocycles. The highest BCUT2D eigenvalue weighted by Gasteiger charge is 2.24. The monoisotopic (exact) mass is 354 g/mol. The summed E-state index contributed by atoms with van der Waals surface area (Å²) in [5.74, 6) is 0.155. The second kappa shape index (κ2) is 8.09. The van der Waals surface area contributed by atoms with Crippen LogP contribution < -0.4 is 5.32 Å². The van der Waals surface area contributed by atoms with E-state index in [2.05, 4.69) is 5.32 Å². The first-order valence-electron chi connectivity index (χ1n) is 8.25. The lowest BCUT2D eigenvalue weighted by atomic mass is 10.1. The van der Waals surface area contributed by atoms with Crippen LogP contribution in [0, 0.1) is 5.92 Å². The van der Waals surface area contributed by atoms with Crippen molar-refractivity contribution in [2.45, 2.75) is 32.6 Å². The van der Waals surface area contributed by atoms with E-state index in [1.165, 1.54) is 4.31 Å². The van der Waals surface area contributed by atoms with Gasteiger partial charge in [0.1, 0.15) is 0 Å². The zero-order valence-electron chi connectivity index (χ0n) is 14.5. The van der Waals surface area contributed by atoms with Crippen LogP contribution in [0.4, 0.5) is 0 Å². The van der Waals surface area contributed by atoms with Crippen LogP contribution in [0.5, 0.6) is 0 Å². The molecule has 24 heavy (non-hydrogen) atoms. The Hall–Kier alpha value is -1.44. The fourth-order valence-electron chi connectivity index (χ4n) is 2.34. The molecule has 1 aromatic carbocycles. The molecule has 0 aliphatic carbocycles. The number of rotatable bonds is 6. The van der Waals surface area contributed by atoms with Crippen molar-refractivity contribution in [2.75, 3.05) is 26.3 Å². The van der Waals surface area contributed by atoms with Crippen molar-refractivity contribution in [1.29, 1.82) is 0 Å². The fourth-order valence-corrected chi connectivity index (χ4v) is 3.84. The molecule has 1 N–H and O–H groups in total. The minimum Gasteiger partial charge on any atom is -0.379 e. The maximum absolute atomic E-state index is 12.4. The number of morpholine rings is 1. The van der Waals surface area contributed by atoms with Crippen LogP contribution in [0.25, 0.3) is 0 Å². The number of sulfonamides is 1. The molecular formula is C17H26N2O4S. The zero-order valence-corrected chi connectivity index (χ0v) is 15.3. The van der Waals surface area contributed by atoms with Gasteiger partial charge in [0.15, 0.2) is 0 Å². The SMILES string of the molecule is CC(C)[C@@H](C)NC(=O)c1ccc(CS(=O)(=O)N2CCOCC2)cc1. The average molecular weight is 354 g/mol. The van der Waals surface area contributed by atoms with Crippen molar-refractivity contribution in [1.82, 2.24) is 9.62 Å². The summed E-state index contributed by atoms with van der Waals surface area (Å²) in [7, 11) is -3.35. The number of carbonyl (C=O) groups is 1. The summed E-state index contributed by atoms with van der Waals surface area (Å²) in [6.45, 7) is 7.73. The molecule has 0 spiro atoms. The van der Waals surface area contributed by atoms with E-state index in [-0.39, 0.29) is 17.7 Å². The minimum atomic E-state index is -3.35. The highest BCUT2D eigenvalue weighted by Crippen LogP contribution is 2.14. The molecule has 2 rings (SSSR count). The first-order chi connectivity index (χ1) is 11.3. The summed E-state index contributed by atoms with van der Waals surface area (Å²) >= 11 is 0. The third kappa shape index (κ3) is 5.03. The molecule has 1 heterocycles. The number of nitrogens with one attached hydrogen (secondary N) is 1. The molecule has 0 radical (unpaired) electrons. The average Bonchev–Trinajstić information content (AvgIpc) is 2.55. The lowest BCUT2D eigenvalue weighted by Crippen LogP contribution is -2.41. The molecule has 1 amide bonds. The van der Waals surface area contributed by atoms with E-state index in [0.29, 0.717) is 43.3 Å². The molecule has 134 valence electrons. The Morgan fingerprint density at radius 1 is 1.17 bits per heavy atom. The van der Waals surface area contributed by atoms with E-state index in [0.717, 1.165) is 0 Å². The van der Waals surface area contributed by atoms with E-state index >= 15 is 0 Å². The second-order valence-corrected chi connectivity index (χ2v) is 8.44. The number of ether oxygens (including phenoxy) is 1. The van der Waals surface area contributed by atoms with Gasteiger partial charge in [0.05, 0.1) is 19.0 Å². The molecule has 0 aromatic heterocycles. The molecule has 1 atom stereocenters. The van der Waals surface area contributed by atoms with Crippen LogP contribution in [0.3, 0.4) is 0 Å². The zero-order chi connectivity index (χ0) is 17.7. The molecule has 1 fully saturated rings. The maximum Gasteiger partial charge on any atom is 0.251 e. The van der Waals surface area contributed by atoms with Gasteiger partial charge in [-0.25, -0.2) is 8.42 Å². The first kappa shape index (κ1) is 18.9. The van der Waals surface area contributed by atoms with E-state index in [1.807, 2.05) is 20.8 Å². The molecule has 6 nitrogen and oxygen atoms in total. The Kier molecular flexibility index (Phi) is 6.37. The van der Waals surface area contributed by atoms with Gasteiger partial charge in [-0.05, 0) is 30.5 Å². The van der Waals surface area contributed by atoms with Crippen LogP contribution in [0.2, 0.25) is 0 Å². The third-order valence-corrected chi connectivity index (χ3v) is 6.14. The van der Waals surface area contributed by atoms with Gasteiger partial charge in [-0.1, -0.05) is 26.0 Å². The van der Waals surface area contributed by atoms with Crippen LogP contribution in [-0.4, -0.2) is 51.0 Å². The van der Waals surface area contributed by atoms with Gasteiger partial charge in [0, 0.05) is 24.7 Å².